The minimum atomic E-state index is -0.755. The maximum Gasteiger partial charge on any atom is 0.320 e. The number of rotatable bonds is 6. The molecule has 0 aliphatic rings. The summed E-state index contributed by atoms with van der Waals surface area (Å²) in [5, 5.41) is 10.4. The lowest BCUT2D eigenvalue weighted by molar-refractivity contribution is -0.143. The molecule has 0 saturated heterocycles. The first-order valence-corrected chi connectivity index (χ1v) is 7.08. The highest BCUT2D eigenvalue weighted by atomic mass is 16.4. The van der Waals surface area contributed by atoms with Gasteiger partial charge in [-0.3, -0.25) is 9.69 Å². The van der Waals surface area contributed by atoms with E-state index in [4.69, 9.17) is 0 Å². The molecule has 0 amide bonds. The lowest BCUT2D eigenvalue weighted by Gasteiger charge is -2.23. The first kappa shape index (κ1) is 14.6. The predicted molar refractivity (Wildman–Crippen MR) is 80.8 cm³/mol. The number of aliphatic carboxylic acids is 1. The van der Waals surface area contributed by atoms with E-state index >= 15 is 0 Å². The summed E-state index contributed by atoms with van der Waals surface area (Å²) in [6.45, 7) is 5.59. The molecular weight excluding hydrogens is 252 g/mol. The summed E-state index contributed by atoms with van der Waals surface area (Å²) in [6.07, 6.45) is 2.74. The van der Waals surface area contributed by atoms with Crippen molar-refractivity contribution in [2.45, 2.75) is 39.4 Å². The first-order chi connectivity index (χ1) is 9.58. The Bertz CT molecular complexity index is 604. The second kappa shape index (κ2) is 6.09. The molecule has 0 fully saturated rings. The number of carboxylic acid groups (broad SMARTS) is 1. The van der Waals surface area contributed by atoms with Crippen molar-refractivity contribution in [1.82, 2.24) is 9.47 Å². The summed E-state index contributed by atoms with van der Waals surface area (Å²) in [4.78, 5) is 13.1. The lowest BCUT2D eigenvalue weighted by Crippen LogP contribution is -2.37. The monoisotopic (exact) mass is 274 g/mol. The third kappa shape index (κ3) is 2.70. The van der Waals surface area contributed by atoms with Crippen molar-refractivity contribution in [3.8, 4) is 0 Å². The Morgan fingerprint density at radius 1 is 1.35 bits per heavy atom. The van der Waals surface area contributed by atoms with E-state index in [1.807, 2.05) is 31.0 Å². The van der Waals surface area contributed by atoms with Crippen molar-refractivity contribution >= 4 is 16.9 Å². The number of carbonyl (C=O) groups is 1. The van der Waals surface area contributed by atoms with E-state index in [0.717, 1.165) is 6.54 Å². The smallest absolute Gasteiger partial charge is 0.320 e. The van der Waals surface area contributed by atoms with Gasteiger partial charge in [-0.2, -0.15) is 0 Å². The molecule has 0 radical (unpaired) electrons. The van der Waals surface area contributed by atoms with Crippen LogP contribution in [0.4, 0.5) is 0 Å². The third-order valence-corrected chi connectivity index (χ3v) is 3.84. The standard InChI is InChI=1S/C16H22N2O2/c1-4-14(16(19)20)17(3)10-12-11-18(5-2)15-9-7-6-8-13(12)15/h6-9,11,14H,4-5,10H2,1-3H3,(H,19,20). The number of carboxylic acids is 1. The van der Waals surface area contributed by atoms with Crippen LogP contribution in [0.5, 0.6) is 0 Å². The molecule has 1 N–H and O–H groups in total. The van der Waals surface area contributed by atoms with Gasteiger partial charge in [-0.25, -0.2) is 0 Å². The van der Waals surface area contributed by atoms with Gasteiger partial charge < -0.3 is 9.67 Å². The van der Waals surface area contributed by atoms with Gasteiger partial charge in [0.1, 0.15) is 6.04 Å². The molecule has 4 nitrogen and oxygen atoms in total. The van der Waals surface area contributed by atoms with E-state index < -0.39 is 12.0 Å². The fraction of sp³-hybridized carbons (Fsp3) is 0.438. The fourth-order valence-electron chi connectivity index (χ4n) is 2.76. The van der Waals surface area contributed by atoms with E-state index in [2.05, 4.69) is 29.8 Å². The van der Waals surface area contributed by atoms with E-state index in [-0.39, 0.29) is 0 Å². The zero-order valence-electron chi connectivity index (χ0n) is 12.3. The van der Waals surface area contributed by atoms with Crippen LogP contribution < -0.4 is 0 Å². The van der Waals surface area contributed by atoms with Crippen LogP contribution in [0.25, 0.3) is 10.9 Å². The summed E-state index contributed by atoms with van der Waals surface area (Å²) < 4.78 is 2.21. The zero-order chi connectivity index (χ0) is 14.7. The van der Waals surface area contributed by atoms with Crippen LogP contribution in [-0.4, -0.2) is 33.6 Å². The van der Waals surface area contributed by atoms with Gasteiger partial charge in [-0.15, -0.1) is 0 Å². The fourth-order valence-corrected chi connectivity index (χ4v) is 2.76. The number of hydrogen-bond acceptors (Lipinski definition) is 2. The predicted octanol–water partition coefficient (Wildman–Crippen LogP) is 2.96. The Hall–Kier alpha value is -1.81. The zero-order valence-corrected chi connectivity index (χ0v) is 12.3. The van der Waals surface area contributed by atoms with Crippen LogP contribution in [-0.2, 0) is 17.9 Å². The molecule has 1 unspecified atom stereocenters. The number of fused-ring (bicyclic) bond motifs is 1. The number of nitrogens with zero attached hydrogens (tertiary/aromatic N) is 2. The Labute approximate surface area is 119 Å². The SMILES string of the molecule is CCC(C(=O)O)N(C)Cc1cn(CC)c2ccccc12. The van der Waals surface area contributed by atoms with Crippen molar-refractivity contribution in [3.63, 3.8) is 0 Å². The average molecular weight is 274 g/mol. The summed E-state index contributed by atoms with van der Waals surface area (Å²) in [6, 6.07) is 7.84. The lowest BCUT2D eigenvalue weighted by atomic mass is 10.1. The maximum atomic E-state index is 11.2. The van der Waals surface area contributed by atoms with Gasteiger partial charge in [0, 0.05) is 30.2 Å². The van der Waals surface area contributed by atoms with Crippen LogP contribution >= 0.6 is 0 Å². The van der Waals surface area contributed by atoms with E-state index in [1.54, 1.807) is 0 Å². The third-order valence-electron chi connectivity index (χ3n) is 3.84. The molecule has 1 aromatic carbocycles. The Balaban J connectivity index is 2.32. The summed E-state index contributed by atoms with van der Waals surface area (Å²) in [5.74, 6) is -0.755. The Morgan fingerprint density at radius 3 is 2.65 bits per heavy atom. The second-order valence-corrected chi connectivity index (χ2v) is 5.13. The van der Waals surface area contributed by atoms with Crippen LogP contribution in [0.2, 0.25) is 0 Å². The summed E-state index contributed by atoms with van der Waals surface area (Å²) >= 11 is 0. The van der Waals surface area contributed by atoms with Crippen molar-refractivity contribution in [2.75, 3.05) is 7.05 Å². The number of aryl methyl sites for hydroxylation is 1. The molecular formula is C16H22N2O2. The number of hydrogen-bond donors (Lipinski definition) is 1. The van der Waals surface area contributed by atoms with Crippen molar-refractivity contribution in [1.29, 1.82) is 0 Å². The highest BCUT2D eigenvalue weighted by molar-refractivity contribution is 5.84. The van der Waals surface area contributed by atoms with Gasteiger partial charge >= 0.3 is 5.97 Å². The highest BCUT2D eigenvalue weighted by Crippen LogP contribution is 2.23. The first-order valence-electron chi connectivity index (χ1n) is 7.08. The maximum absolute atomic E-state index is 11.2. The molecule has 108 valence electrons. The van der Waals surface area contributed by atoms with Gasteiger partial charge in [0.05, 0.1) is 0 Å². The summed E-state index contributed by atoms with van der Waals surface area (Å²) in [7, 11) is 1.88. The molecule has 0 saturated carbocycles. The minimum absolute atomic E-state index is 0.432. The molecule has 2 aromatic rings. The molecule has 0 aliphatic carbocycles. The van der Waals surface area contributed by atoms with Crippen LogP contribution in [0.15, 0.2) is 30.5 Å². The molecule has 0 aliphatic heterocycles. The molecule has 1 atom stereocenters. The van der Waals surface area contributed by atoms with Crippen molar-refractivity contribution in [2.24, 2.45) is 0 Å². The number of para-hydroxylation sites is 1. The molecule has 0 bridgehead atoms. The quantitative estimate of drug-likeness (QED) is 0.881. The van der Waals surface area contributed by atoms with Crippen LogP contribution in [0.1, 0.15) is 25.8 Å². The molecule has 4 heteroatoms. The van der Waals surface area contributed by atoms with Gasteiger partial charge in [0.15, 0.2) is 0 Å². The number of aromatic nitrogens is 1. The van der Waals surface area contributed by atoms with Gasteiger partial charge in [-0.1, -0.05) is 25.1 Å². The van der Waals surface area contributed by atoms with Gasteiger partial charge in [0.2, 0.25) is 0 Å². The molecule has 1 heterocycles. The molecule has 20 heavy (non-hydrogen) atoms. The van der Waals surface area contributed by atoms with Crippen molar-refractivity contribution < 1.29 is 9.90 Å². The topological polar surface area (TPSA) is 45.5 Å². The minimum Gasteiger partial charge on any atom is -0.480 e. The van der Waals surface area contributed by atoms with Gasteiger partial charge in [-0.05, 0) is 32.0 Å². The van der Waals surface area contributed by atoms with E-state index in [1.165, 1.54) is 16.5 Å². The number of likely N-dealkylation sites (N-methyl/N-ethyl adjacent to an activating group) is 1. The normalized spacial score (nSPS) is 13.0. The summed E-state index contributed by atoms with van der Waals surface area (Å²) in [5.41, 5.74) is 2.39. The second-order valence-electron chi connectivity index (χ2n) is 5.13. The van der Waals surface area contributed by atoms with Crippen LogP contribution in [0.3, 0.4) is 0 Å². The Kier molecular flexibility index (Phi) is 4.45. The molecule has 0 spiro atoms. The largest absolute Gasteiger partial charge is 0.480 e. The average Bonchev–Trinajstić information content (AvgIpc) is 2.77. The Morgan fingerprint density at radius 2 is 2.05 bits per heavy atom. The number of benzene rings is 1. The highest BCUT2D eigenvalue weighted by Gasteiger charge is 2.21. The van der Waals surface area contributed by atoms with Crippen LogP contribution in [0, 0.1) is 0 Å². The van der Waals surface area contributed by atoms with Crippen molar-refractivity contribution in [3.05, 3.63) is 36.0 Å². The van der Waals surface area contributed by atoms with E-state index in [0.29, 0.717) is 13.0 Å². The molecule has 2 rings (SSSR count). The molecule has 1 aromatic heterocycles. The van der Waals surface area contributed by atoms with Gasteiger partial charge in [0.25, 0.3) is 0 Å². The van der Waals surface area contributed by atoms with E-state index in [9.17, 15) is 9.90 Å².